The zero-order valence-corrected chi connectivity index (χ0v) is 13.0. The lowest BCUT2D eigenvalue weighted by molar-refractivity contribution is -0.00474. The van der Waals surface area contributed by atoms with Crippen LogP contribution in [-0.2, 0) is 4.74 Å². The van der Waals surface area contributed by atoms with Crippen LogP contribution in [0.25, 0.3) is 0 Å². The Bertz CT molecular complexity index is 453. The van der Waals surface area contributed by atoms with Crippen LogP contribution in [0.4, 0.5) is 4.79 Å². The number of carbonyl (C=O) groups is 1. The van der Waals surface area contributed by atoms with Crippen LogP contribution in [0.15, 0.2) is 30.3 Å². The number of nitrogens with two attached hydrogens (primary N) is 1. The van der Waals surface area contributed by atoms with Gasteiger partial charge in [-0.1, -0.05) is 30.3 Å². The molecule has 1 fully saturated rings. The molecule has 0 aliphatic carbocycles. The summed E-state index contributed by atoms with van der Waals surface area (Å²) < 4.78 is 5.79. The number of ether oxygens (including phenoxy) is 1. The van der Waals surface area contributed by atoms with Gasteiger partial charge in [-0.05, 0) is 38.7 Å². The summed E-state index contributed by atoms with van der Waals surface area (Å²) in [6, 6.07) is 10.0. The number of hydrogen-bond acceptors (Lipinski definition) is 3. The molecule has 1 heterocycles. The molecule has 0 spiro atoms. The van der Waals surface area contributed by atoms with Crippen molar-refractivity contribution in [2.45, 2.75) is 44.6 Å². The average Bonchev–Trinajstić information content (AvgIpc) is 2.49. The fourth-order valence-electron chi connectivity index (χ4n) is 2.94. The van der Waals surface area contributed by atoms with Gasteiger partial charge in [0.1, 0.15) is 5.60 Å². The third-order valence-electron chi connectivity index (χ3n) is 4.24. The van der Waals surface area contributed by atoms with Crippen molar-refractivity contribution < 1.29 is 9.53 Å². The molecule has 4 nitrogen and oxygen atoms in total. The Hall–Kier alpha value is -1.55. The molecule has 2 rings (SSSR count). The molecule has 1 unspecified atom stereocenters. The molecule has 116 valence electrons. The van der Waals surface area contributed by atoms with Crippen molar-refractivity contribution in [3.05, 3.63) is 35.9 Å². The van der Waals surface area contributed by atoms with Gasteiger partial charge >= 0.3 is 6.09 Å². The molecular weight excluding hydrogens is 264 g/mol. The number of piperidine rings is 1. The summed E-state index contributed by atoms with van der Waals surface area (Å²) in [5.74, 6) is -0.00700. The molecule has 4 heteroatoms. The van der Waals surface area contributed by atoms with Gasteiger partial charge in [0.15, 0.2) is 0 Å². The van der Waals surface area contributed by atoms with Crippen molar-refractivity contribution in [2.75, 3.05) is 19.6 Å². The van der Waals surface area contributed by atoms with E-state index in [4.69, 9.17) is 10.5 Å². The van der Waals surface area contributed by atoms with Crippen molar-refractivity contribution in [2.24, 2.45) is 5.73 Å². The molecule has 1 saturated heterocycles. The van der Waals surface area contributed by atoms with Crippen LogP contribution >= 0.6 is 0 Å². The highest BCUT2D eigenvalue weighted by atomic mass is 16.6. The van der Waals surface area contributed by atoms with Gasteiger partial charge in [-0.25, -0.2) is 4.79 Å². The van der Waals surface area contributed by atoms with Crippen LogP contribution in [0.1, 0.15) is 44.6 Å². The summed E-state index contributed by atoms with van der Waals surface area (Å²) in [5, 5.41) is 0. The highest BCUT2D eigenvalue weighted by Gasteiger charge is 2.35. The van der Waals surface area contributed by atoms with E-state index in [2.05, 4.69) is 0 Å². The summed E-state index contributed by atoms with van der Waals surface area (Å²) in [4.78, 5) is 14.1. The van der Waals surface area contributed by atoms with Crippen LogP contribution in [0.3, 0.4) is 0 Å². The van der Waals surface area contributed by atoms with Crippen molar-refractivity contribution in [3.63, 3.8) is 0 Å². The lowest BCUT2D eigenvalue weighted by Crippen LogP contribution is -2.44. The Morgan fingerprint density at radius 3 is 2.43 bits per heavy atom. The van der Waals surface area contributed by atoms with E-state index in [1.807, 2.05) is 49.1 Å². The molecule has 1 amide bonds. The second-order valence-electron chi connectivity index (χ2n) is 6.22. The minimum absolute atomic E-state index is 0.00700. The molecule has 0 radical (unpaired) electrons. The number of carbonyl (C=O) groups excluding carboxylic acids is 1. The zero-order chi connectivity index (χ0) is 15.3. The van der Waals surface area contributed by atoms with Gasteiger partial charge in [0.25, 0.3) is 0 Å². The van der Waals surface area contributed by atoms with Crippen molar-refractivity contribution >= 4 is 6.09 Å². The van der Waals surface area contributed by atoms with Crippen LogP contribution in [0.5, 0.6) is 0 Å². The quantitative estimate of drug-likeness (QED) is 0.927. The van der Waals surface area contributed by atoms with Gasteiger partial charge in [0.05, 0.1) is 0 Å². The van der Waals surface area contributed by atoms with Crippen LogP contribution in [0, 0.1) is 0 Å². The topological polar surface area (TPSA) is 55.6 Å². The molecule has 0 aromatic heterocycles. The summed E-state index contributed by atoms with van der Waals surface area (Å²) in [6.07, 6.45) is 3.11. The lowest BCUT2D eigenvalue weighted by Gasteiger charge is -2.36. The van der Waals surface area contributed by atoms with E-state index >= 15 is 0 Å². The summed E-state index contributed by atoms with van der Waals surface area (Å²) in [6.45, 7) is 5.93. The first-order valence-corrected chi connectivity index (χ1v) is 7.77. The number of rotatable bonds is 4. The minimum Gasteiger partial charge on any atom is -0.443 e. The largest absolute Gasteiger partial charge is 0.443 e. The van der Waals surface area contributed by atoms with E-state index in [0.717, 1.165) is 31.5 Å². The molecule has 0 bridgehead atoms. The van der Waals surface area contributed by atoms with Crippen molar-refractivity contribution in [3.8, 4) is 0 Å². The maximum absolute atomic E-state index is 12.3. The zero-order valence-electron chi connectivity index (χ0n) is 13.0. The predicted octanol–water partition coefficient (Wildman–Crippen LogP) is 3.13. The third-order valence-corrected chi connectivity index (χ3v) is 4.24. The molecule has 0 saturated carbocycles. The second-order valence-corrected chi connectivity index (χ2v) is 6.22. The van der Waals surface area contributed by atoms with Crippen molar-refractivity contribution in [1.29, 1.82) is 0 Å². The van der Waals surface area contributed by atoms with E-state index in [1.165, 1.54) is 6.42 Å². The summed E-state index contributed by atoms with van der Waals surface area (Å²) >= 11 is 0. The Morgan fingerprint density at radius 1 is 1.24 bits per heavy atom. The number of likely N-dealkylation sites (tertiary alicyclic amines) is 1. The first-order chi connectivity index (χ1) is 10.0. The maximum atomic E-state index is 12.3. The van der Waals surface area contributed by atoms with Crippen LogP contribution < -0.4 is 5.73 Å². The first-order valence-electron chi connectivity index (χ1n) is 7.77. The van der Waals surface area contributed by atoms with E-state index in [0.29, 0.717) is 6.54 Å². The van der Waals surface area contributed by atoms with Gasteiger partial charge in [-0.3, -0.25) is 0 Å². The minimum atomic E-state index is -0.620. The lowest BCUT2D eigenvalue weighted by atomic mass is 9.84. The average molecular weight is 290 g/mol. The van der Waals surface area contributed by atoms with E-state index in [1.54, 1.807) is 0 Å². The third kappa shape index (κ3) is 3.97. The highest BCUT2D eigenvalue weighted by molar-refractivity contribution is 5.68. The van der Waals surface area contributed by atoms with E-state index in [-0.39, 0.29) is 12.0 Å². The molecular formula is C17H26N2O2. The Balaban J connectivity index is 2.06. The van der Waals surface area contributed by atoms with E-state index in [9.17, 15) is 4.79 Å². The number of hydrogen-bond donors (Lipinski definition) is 1. The maximum Gasteiger partial charge on any atom is 0.410 e. The van der Waals surface area contributed by atoms with Crippen LogP contribution in [-0.4, -0.2) is 36.2 Å². The summed E-state index contributed by atoms with van der Waals surface area (Å²) in [7, 11) is 0. The Kier molecular flexibility index (Phi) is 5.23. The van der Waals surface area contributed by atoms with Gasteiger partial charge < -0.3 is 15.4 Å². The van der Waals surface area contributed by atoms with Gasteiger partial charge in [0, 0.05) is 25.6 Å². The Labute approximate surface area is 127 Å². The fourth-order valence-corrected chi connectivity index (χ4v) is 2.94. The van der Waals surface area contributed by atoms with Gasteiger partial charge in [0.2, 0.25) is 0 Å². The number of nitrogens with zero attached hydrogens (tertiary/aromatic N) is 1. The van der Waals surface area contributed by atoms with Gasteiger partial charge in [-0.15, -0.1) is 0 Å². The van der Waals surface area contributed by atoms with Crippen molar-refractivity contribution in [1.82, 2.24) is 4.90 Å². The summed E-state index contributed by atoms with van der Waals surface area (Å²) in [5.41, 5.74) is 6.43. The highest BCUT2D eigenvalue weighted by Crippen LogP contribution is 2.31. The molecule has 1 aliphatic rings. The molecule has 2 N–H and O–H groups in total. The standard InChI is InChI=1S/C17H26N2O2/c1-17(2,15(13-18)14-9-5-3-6-10-14)21-16(20)19-11-7-4-8-12-19/h3,5-6,9-10,15H,4,7-8,11-13,18H2,1-2H3. The van der Waals surface area contributed by atoms with Crippen LogP contribution in [0.2, 0.25) is 0 Å². The Morgan fingerprint density at radius 2 is 1.86 bits per heavy atom. The van der Waals surface area contributed by atoms with Gasteiger partial charge in [-0.2, -0.15) is 0 Å². The molecule has 1 aromatic rings. The molecule has 21 heavy (non-hydrogen) atoms. The van der Waals surface area contributed by atoms with E-state index < -0.39 is 5.60 Å². The predicted molar refractivity (Wildman–Crippen MR) is 84.2 cm³/mol. The second kappa shape index (κ2) is 6.94. The number of amides is 1. The molecule has 1 aromatic carbocycles. The smallest absolute Gasteiger partial charge is 0.410 e. The normalized spacial score (nSPS) is 17.4. The number of benzene rings is 1. The SMILES string of the molecule is CC(C)(OC(=O)N1CCCCC1)C(CN)c1ccccc1. The fraction of sp³-hybridized carbons (Fsp3) is 0.588. The first kappa shape index (κ1) is 15.8. The monoisotopic (exact) mass is 290 g/mol. The molecule has 1 aliphatic heterocycles. The molecule has 1 atom stereocenters.